The summed E-state index contributed by atoms with van der Waals surface area (Å²) < 4.78 is 0. The standard InChI is InChI=1S/C11H21N5S/c1-3-11(2)4-6-16(7-5-11)8-9-14-15-10(13-12)17-9/h3-8,12H2,1-2H3,(H,13,15). The van der Waals surface area contributed by atoms with Crippen LogP contribution in [0.1, 0.15) is 38.1 Å². The van der Waals surface area contributed by atoms with E-state index in [1.807, 2.05) is 0 Å². The van der Waals surface area contributed by atoms with Crippen LogP contribution in [0.4, 0.5) is 5.13 Å². The lowest BCUT2D eigenvalue weighted by Gasteiger charge is -2.38. The van der Waals surface area contributed by atoms with Gasteiger partial charge >= 0.3 is 0 Å². The fourth-order valence-corrected chi connectivity index (χ4v) is 2.86. The van der Waals surface area contributed by atoms with Gasteiger partial charge in [0.2, 0.25) is 5.13 Å². The Labute approximate surface area is 106 Å². The summed E-state index contributed by atoms with van der Waals surface area (Å²) in [6.07, 6.45) is 3.84. The number of likely N-dealkylation sites (tertiary alicyclic amines) is 1. The maximum absolute atomic E-state index is 5.29. The van der Waals surface area contributed by atoms with Crippen LogP contribution in [0.25, 0.3) is 0 Å². The second-order valence-electron chi connectivity index (χ2n) is 5.09. The van der Waals surface area contributed by atoms with Gasteiger partial charge in [-0.2, -0.15) is 0 Å². The van der Waals surface area contributed by atoms with Gasteiger partial charge in [-0.1, -0.05) is 31.6 Å². The molecular formula is C11H21N5S. The normalized spacial score (nSPS) is 20.4. The highest BCUT2D eigenvalue weighted by molar-refractivity contribution is 7.15. The van der Waals surface area contributed by atoms with Gasteiger partial charge < -0.3 is 0 Å². The molecule has 5 nitrogen and oxygen atoms in total. The second kappa shape index (κ2) is 5.29. The third-order valence-electron chi connectivity index (χ3n) is 3.87. The number of hydrogen-bond donors (Lipinski definition) is 2. The minimum atomic E-state index is 0.543. The van der Waals surface area contributed by atoms with E-state index >= 15 is 0 Å². The SMILES string of the molecule is CCC1(C)CCN(Cc2nnc(NN)s2)CC1. The summed E-state index contributed by atoms with van der Waals surface area (Å²) in [5.74, 6) is 5.29. The first-order valence-electron chi connectivity index (χ1n) is 6.16. The van der Waals surface area contributed by atoms with E-state index in [4.69, 9.17) is 5.84 Å². The molecule has 1 aromatic heterocycles. The van der Waals surface area contributed by atoms with Crippen molar-refractivity contribution in [2.45, 2.75) is 39.7 Å². The van der Waals surface area contributed by atoms with E-state index in [0.717, 1.165) is 24.6 Å². The molecule has 0 atom stereocenters. The molecule has 6 heteroatoms. The van der Waals surface area contributed by atoms with Crippen molar-refractivity contribution >= 4 is 16.5 Å². The van der Waals surface area contributed by atoms with Gasteiger partial charge in [-0.25, -0.2) is 5.84 Å². The third-order valence-corrected chi connectivity index (χ3v) is 4.71. The van der Waals surface area contributed by atoms with Crippen LogP contribution in [0.5, 0.6) is 0 Å². The minimum Gasteiger partial charge on any atom is -0.298 e. The quantitative estimate of drug-likeness (QED) is 0.635. The fraction of sp³-hybridized carbons (Fsp3) is 0.818. The zero-order valence-corrected chi connectivity index (χ0v) is 11.4. The molecule has 0 saturated carbocycles. The molecule has 2 heterocycles. The average Bonchev–Trinajstić information content (AvgIpc) is 2.80. The second-order valence-corrected chi connectivity index (χ2v) is 6.15. The molecule has 1 aliphatic rings. The van der Waals surface area contributed by atoms with Crippen molar-refractivity contribution < 1.29 is 0 Å². The molecule has 2 rings (SSSR count). The number of hydrogen-bond acceptors (Lipinski definition) is 6. The summed E-state index contributed by atoms with van der Waals surface area (Å²) in [5.41, 5.74) is 3.08. The molecule has 0 amide bonds. The molecule has 3 N–H and O–H groups in total. The molecule has 1 fully saturated rings. The number of rotatable bonds is 4. The van der Waals surface area contributed by atoms with Gasteiger partial charge in [0, 0.05) is 0 Å². The van der Waals surface area contributed by atoms with E-state index in [1.54, 1.807) is 0 Å². The molecule has 0 spiro atoms. The molecule has 0 radical (unpaired) electrons. The summed E-state index contributed by atoms with van der Waals surface area (Å²) >= 11 is 1.53. The number of nitrogens with zero attached hydrogens (tertiary/aromatic N) is 3. The van der Waals surface area contributed by atoms with E-state index in [2.05, 4.69) is 34.4 Å². The summed E-state index contributed by atoms with van der Waals surface area (Å²) in [6.45, 7) is 7.91. The molecule has 96 valence electrons. The van der Waals surface area contributed by atoms with Crippen molar-refractivity contribution in [3.63, 3.8) is 0 Å². The van der Waals surface area contributed by atoms with Crippen LogP contribution in [0.3, 0.4) is 0 Å². The topological polar surface area (TPSA) is 67.1 Å². The van der Waals surface area contributed by atoms with Crippen LogP contribution >= 0.6 is 11.3 Å². The van der Waals surface area contributed by atoms with Gasteiger partial charge in [0.25, 0.3) is 0 Å². The molecule has 17 heavy (non-hydrogen) atoms. The lowest BCUT2D eigenvalue weighted by molar-refractivity contribution is 0.109. The van der Waals surface area contributed by atoms with Gasteiger partial charge in [-0.15, -0.1) is 10.2 Å². The van der Waals surface area contributed by atoms with E-state index in [-0.39, 0.29) is 0 Å². The van der Waals surface area contributed by atoms with E-state index in [1.165, 1.54) is 30.6 Å². The Bertz CT molecular complexity index is 356. The highest BCUT2D eigenvalue weighted by Gasteiger charge is 2.28. The van der Waals surface area contributed by atoms with Crippen LogP contribution in [-0.2, 0) is 6.54 Å². The summed E-state index contributed by atoms with van der Waals surface area (Å²) in [5, 5.41) is 9.80. The van der Waals surface area contributed by atoms with Gasteiger partial charge in [0.05, 0.1) is 6.54 Å². The first-order valence-corrected chi connectivity index (χ1v) is 6.98. The molecule has 0 aliphatic carbocycles. The van der Waals surface area contributed by atoms with Crippen LogP contribution in [0.2, 0.25) is 0 Å². The Morgan fingerprint density at radius 2 is 2.12 bits per heavy atom. The van der Waals surface area contributed by atoms with Crippen molar-refractivity contribution in [1.82, 2.24) is 15.1 Å². The zero-order chi connectivity index (χ0) is 12.3. The predicted octanol–water partition coefficient (Wildman–Crippen LogP) is 1.84. The van der Waals surface area contributed by atoms with Crippen LogP contribution in [0.15, 0.2) is 0 Å². The molecule has 1 saturated heterocycles. The van der Waals surface area contributed by atoms with Crippen molar-refractivity contribution in [3.8, 4) is 0 Å². The van der Waals surface area contributed by atoms with E-state index in [9.17, 15) is 0 Å². The Balaban J connectivity index is 1.85. The van der Waals surface area contributed by atoms with Gasteiger partial charge in [0.15, 0.2) is 0 Å². The molecule has 0 aromatic carbocycles. The summed E-state index contributed by atoms with van der Waals surface area (Å²) in [7, 11) is 0. The number of aromatic nitrogens is 2. The monoisotopic (exact) mass is 255 g/mol. The molecule has 1 aromatic rings. The predicted molar refractivity (Wildman–Crippen MR) is 70.6 cm³/mol. The van der Waals surface area contributed by atoms with Gasteiger partial charge in [-0.3, -0.25) is 10.3 Å². The number of anilines is 1. The van der Waals surface area contributed by atoms with Crippen molar-refractivity contribution in [3.05, 3.63) is 5.01 Å². The zero-order valence-electron chi connectivity index (χ0n) is 10.6. The fourth-order valence-electron chi connectivity index (χ4n) is 2.17. The van der Waals surface area contributed by atoms with Crippen LogP contribution in [0, 0.1) is 5.41 Å². The van der Waals surface area contributed by atoms with Crippen molar-refractivity contribution in [2.24, 2.45) is 11.3 Å². The van der Waals surface area contributed by atoms with Crippen molar-refractivity contribution in [1.29, 1.82) is 0 Å². The lowest BCUT2D eigenvalue weighted by Crippen LogP contribution is -2.37. The largest absolute Gasteiger partial charge is 0.298 e. The Morgan fingerprint density at radius 1 is 1.41 bits per heavy atom. The smallest absolute Gasteiger partial charge is 0.219 e. The molecule has 0 unspecified atom stereocenters. The van der Waals surface area contributed by atoms with Crippen LogP contribution in [-0.4, -0.2) is 28.2 Å². The number of nitrogen functional groups attached to an aromatic ring is 1. The first-order chi connectivity index (χ1) is 8.15. The lowest BCUT2D eigenvalue weighted by atomic mass is 9.78. The Kier molecular flexibility index (Phi) is 3.96. The maximum atomic E-state index is 5.29. The summed E-state index contributed by atoms with van der Waals surface area (Å²) in [4.78, 5) is 2.46. The third kappa shape index (κ3) is 3.14. The van der Waals surface area contributed by atoms with E-state index < -0.39 is 0 Å². The highest BCUT2D eigenvalue weighted by atomic mass is 32.1. The Morgan fingerprint density at radius 3 is 2.65 bits per heavy atom. The molecular weight excluding hydrogens is 234 g/mol. The number of piperidine rings is 1. The number of nitrogens with two attached hydrogens (primary N) is 1. The summed E-state index contributed by atoms with van der Waals surface area (Å²) in [6, 6.07) is 0. The molecule has 0 bridgehead atoms. The minimum absolute atomic E-state index is 0.543. The molecule has 1 aliphatic heterocycles. The number of nitrogens with one attached hydrogen (secondary N) is 1. The maximum Gasteiger partial charge on any atom is 0.219 e. The average molecular weight is 255 g/mol. The first kappa shape index (κ1) is 12.7. The number of hydrazine groups is 1. The van der Waals surface area contributed by atoms with Gasteiger partial charge in [-0.05, 0) is 31.3 Å². The van der Waals surface area contributed by atoms with Crippen LogP contribution < -0.4 is 11.3 Å². The van der Waals surface area contributed by atoms with Crippen molar-refractivity contribution in [2.75, 3.05) is 18.5 Å². The van der Waals surface area contributed by atoms with Gasteiger partial charge in [0.1, 0.15) is 5.01 Å². The Hall–Kier alpha value is -0.720. The highest BCUT2D eigenvalue weighted by Crippen LogP contribution is 2.34. The van der Waals surface area contributed by atoms with E-state index in [0.29, 0.717) is 10.5 Å².